The first-order chi connectivity index (χ1) is 11.7. The quantitative estimate of drug-likeness (QED) is 0.778. The number of methoxy groups -OCH3 is 2. The van der Waals surface area contributed by atoms with Crippen molar-refractivity contribution in [2.75, 3.05) is 40.4 Å². The van der Waals surface area contributed by atoms with Crippen molar-refractivity contribution in [2.45, 2.75) is 38.1 Å². The first-order valence-electron chi connectivity index (χ1n) is 9.14. The zero-order chi connectivity index (χ0) is 16.9. The lowest BCUT2D eigenvalue weighted by atomic mass is 9.79. The lowest BCUT2D eigenvalue weighted by molar-refractivity contribution is 0.0989. The summed E-state index contributed by atoms with van der Waals surface area (Å²) < 4.78 is 11.3. The van der Waals surface area contributed by atoms with Crippen molar-refractivity contribution in [1.82, 2.24) is 10.2 Å². The zero-order valence-electron chi connectivity index (χ0n) is 15.7. The molecule has 1 atom stereocenters. The summed E-state index contributed by atoms with van der Waals surface area (Å²) in [6.45, 7) is 4.11. The molecule has 1 saturated carbocycles. The van der Waals surface area contributed by atoms with Crippen molar-refractivity contribution >= 4 is 24.8 Å². The summed E-state index contributed by atoms with van der Waals surface area (Å²) in [4.78, 5) is 2.57. The fraction of sp³-hybridized carbons (Fsp3) is 0.684. The first-order valence-corrected chi connectivity index (χ1v) is 9.14. The highest BCUT2D eigenvalue weighted by molar-refractivity contribution is 5.85. The van der Waals surface area contributed by atoms with E-state index in [4.69, 9.17) is 9.47 Å². The fourth-order valence-corrected chi connectivity index (χ4v) is 4.34. The highest BCUT2D eigenvalue weighted by Crippen LogP contribution is 2.47. The number of benzene rings is 1. The van der Waals surface area contributed by atoms with Gasteiger partial charge in [0.25, 0.3) is 0 Å². The number of aromatic hydroxyl groups is 1. The van der Waals surface area contributed by atoms with Crippen molar-refractivity contribution < 1.29 is 14.6 Å². The molecule has 1 aliphatic carbocycles. The van der Waals surface area contributed by atoms with E-state index in [2.05, 4.69) is 10.2 Å². The number of nitrogens with zero attached hydrogens (tertiary/aromatic N) is 1. The van der Waals surface area contributed by atoms with E-state index in [-0.39, 0.29) is 36.6 Å². The van der Waals surface area contributed by atoms with Crippen LogP contribution in [0.4, 0.5) is 0 Å². The molecule has 1 aromatic rings. The highest BCUT2D eigenvalue weighted by atomic mass is 35.5. The van der Waals surface area contributed by atoms with E-state index >= 15 is 0 Å². The van der Waals surface area contributed by atoms with Crippen LogP contribution < -0.4 is 14.8 Å². The molecular weight excluding hydrogens is 375 g/mol. The standard InChI is InChI=1S/C19H30N2O3.2ClH/c1-23-16-12-15(22)13-17(24-2)18(16)19(14-6-4-3-5-7-14)21-10-8-20-9-11-21;;/h12-14,19-20,22H,3-11H2,1-2H3;2*1H/t19-;;/m1../s1. The predicted molar refractivity (Wildman–Crippen MR) is 109 cm³/mol. The zero-order valence-corrected chi connectivity index (χ0v) is 17.3. The third-order valence-corrected chi connectivity index (χ3v) is 5.47. The molecule has 0 aromatic heterocycles. The van der Waals surface area contributed by atoms with Gasteiger partial charge in [-0.05, 0) is 18.8 Å². The Kier molecular flexibility index (Phi) is 9.86. The average molecular weight is 407 g/mol. The van der Waals surface area contributed by atoms with Crippen LogP contribution in [-0.2, 0) is 0 Å². The summed E-state index contributed by atoms with van der Waals surface area (Å²) in [5.74, 6) is 2.28. The van der Waals surface area contributed by atoms with E-state index in [9.17, 15) is 5.11 Å². The summed E-state index contributed by atoms with van der Waals surface area (Å²) >= 11 is 0. The Bertz CT molecular complexity index is 505. The molecule has 2 aliphatic rings. The molecule has 0 unspecified atom stereocenters. The summed E-state index contributed by atoms with van der Waals surface area (Å²) in [6.07, 6.45) is 6.45. The average Bonchev–Trinajstić information content (AvgIpc) is 2.64. The van der Waals surface area contributed by atoms with Gasteiger partial charge in [-0.15, -0.1) is 24.8 Å². The lowest BCUT2D eigenvalue weighted by Gasteiger charge is -2.42. The molecule has 1 saturated heterocycles. The van der Waals surface area contributed by atoms with Crippen molar-refractivity contribution in [3.8, 4) is 17.2 Å². The lowest BCUT2D eigenvalue weighted by Crippen LogP contribution is -2.47. The van der Waals surface area contributed by atoms with E-state index in [1.807, 2.05) is 0 Å². The van der Waals surface area contributed by atoms with E-state index in [0.717, 1.165) is 43.2 Å². The largest absolute Gasteiger partial charge is 0.508 e. The van der Waals surface area contributed by atoms with Crippen LogP contribution in [-0.4, -0.2) is 50.4 Å². The Morgan fingerprint density at radius 3 is 2.04 bits per heavy atom. The van der Waals surface area contributed by atoms with Gasteiger partial charge >= 0.3 is 0 Å². The predicted octanol–water partition coefficient (Wildman–Crippen LogP) is 3.78. The van der Waals surface area contributed by atoms with Gasteiger partial charge in [0, 0.05) is 44.4 Å². The maximum atomic E-state index is 10.00. The first kappa shape index (κ1) is 23.2. The monoisotopic (exact) mass is 406 g/mol. The van der Waals surface area contributed by atoms with Crippen LogP contribution >= 0.6 is 24.8 Å². The van der Waals surface area contributed by atoms with Crippen LogP contribution in [0.2, 0.25) is 0 Å². The Morgan fingerprint density at radius 2 is 1.54 bits per heavy atom. The minimum Gasteiger partial charge on any atom is -0.508 e. The second-order valence-corrected chi connectivity index (χ2v) is 6.89. The Morgan fingerprint density at radius 1 is 1.00 bits per heavy atom. The van der Waals surface area contributed by atoms with Crippen molar-refractivity contribution in [3.05, 3.63) is 17.7 Å². The molecular formula is C19H32Cl2N2O3. The molecule has 0 bridgehead atoms. The molecule has 0 amide bonds. The summed E-state index contributed by atoms with van der Waals surface area (Å²) in [5.41, 5.74) is 1.10. The van der Waals surface area contributed by atoms with Gasteiger partial charge in [-0.1, -0.05) is 19.3 Å². The van der Waals surface area contributed by atoms with Crippen LogP contribution in [0.5, 0.6) is 17.2 Å². The van der Waals surface area contributed by atoms with Gasteiger partial charge in [0.2, 0.25) is 0 Å². The molecule has 2 N–H and O–H groups in total. The van der Waals surface area contributed by atoms with Crippen LogP contribution in [0.15, 0.2) is 12.1 Å². The molecule has 2 fully saturated rings. The topological polar surface area (TPSA) is 54.0 Å². The van der Waals surface area contributed by atoms with Crippen LogP contribution in [0.1, 0.15) is 43.7 Å². The highest BCUT2D eigenvalue weighted by Gasteiger charge is 2.35. The summed E-state index contributed by atoms with van der Waals surface area (Å²) in [7, 11) is 3.35. The molecule has 1 aliphatic heterocycles. The number of halogens is 2. The number of ether oxygens (including phenoxy) is 2. The molecule has 5 nitrogen and oxygen atoms in total. The molecule has 26 heavy (non-hydrogen) atoms. The minimum atomic E-state index is 0. The van der Waals surface area contributed by atoms with Crippen LogP contribution in [0, 0.1) is 5.92 Å². The van der Waals surface area contributed by atoms with Gasteiger partial charge in [-0.2, -0.15) is 0 Å². The van der Waals surface area contributed by atoms with E-state index in [0.29, 0.717) is 5.92 Å². The van der Waals surface area contributed by atoms with Gasteiger partial charge < -0.3 is 19.9 Å². The molecule has 1 aromatic carbocycles. The minimum absolute atomic E-state index is 0. The van der Waals surface area contributed by atoms with E-state index in [1.54, 1.807) is 26.4 Å². The summed E-state index contributed by atoms with van der Waals surface area (Å²) in [5, 5.41) is 13.4. The Balaban J connectivity index is 0.00000169. The molecule has 150 valence electrons. The number of phenols is 1. The van der Waals surface area contributed by atoms with E-state index in [1.165, 1.54) is 32.1 Å². The number of hydrogen-bond donors (Lipinski definition) is 2. The number of piperazine rings is 1. The smallest absolute Gasteiger partial charge is 0.131 e. The summed E-state index contributed by atoms with van der Waals surface area (Å²) in [6, 6.07) is 3.73. The number of phenolic OH excluding ortho intramolecular Hbond substituents is 1. The second kappa shape index (κ2) is 11.1. The third kappa shape index (κ3) is 5.10. The molecule has 1 heterocycles. The van der Waals surface area contributed by atoms with Crippen LogP contribution in [0.25, 0.3) is 0 Å². The maximum absolute atomic E-state index is 10.00. The molecule has 7 heteroatoms. The number of rotatable bonds is 5. The van der Waals surface area contributed by atoms with Crippen molar-refractivity contribution in [2.24, 2.45) is 5.92 Å². The van der Waals surface area contributed by atoms with Crippen LogP contribution in [0.3, 0.4) is 0 Å². The van der Waals surface area contributed by atoms with Gasteiger partial charge in [0.05, 0.1) is 19.8 Å². The van der Waals surface area contributed by atoms with Crippen molar-refractivity contribution in [1.29, 1.82) is 0 Å². The number of nitrogens with one attached hydrogen (secondary N) is 1. The van der Waals surface area contributed by atoms with Gasteiger partial charge in [-0.25, -0.2) is 0 Å². The fourth-order valence-electron chi connectivity index (χ4n) is 4.34. The van der Waals surface area contributed by atoms with Gasteiger partial charge in [0.15, 0.2) is 0 Å². The molecule has 0 radical (unpaired) electrons. The SMILES string of the molecule is COc1cc(O)cc(OC)c1[C@@H](C1CCCCC1)N1CCNCC1.Cl.Cl. The molecule has 3 rings (SSSR count). The van der Waals surface area contributed by atoms with Gasteiger partial charge in [-0.3, -0.25) is 4.90 Å². The Labute approximate surface area is 169 Å². The van der Waals surface area contributed by atoms with E-state index < -0.39 is 0 Å². The third-order valence-electron chi connectivity index (χ3n) is 5.47. The number of hydrogen-bond acceptors (Lipinski definition) is 5. The van der Waals surface area contributed by atoms with Crippen molar-refractivity contribution in [3.63, 3.8) is 0 Å². The van der Waals surface area contributed by atoms with Gasteiger partial charge in [0.1, 0.15) is 17.2 Å². The maximum Gasteiger partial charge on any atom is 0.131 e. The molecule has 0 spiro atoms. The Hall–Kier alpha value is -0.880. The normalized spacial score (nSPS) is 19.8. The second-order valence-electron chi connectivity index (χ2n) is 6.89.